The Labute approximate surface area is 92.7 Å². The van der Waals surface area contributed by atoms with E-state index in [9.17, 15) is 14.7 Å². The first-order chi connectivity index (χ1) is 7.41. The van der Waals surface area contributed by atoms with Crippen molar-refractivity contribution in [1.29, 1.82) is 0 Å². The van der Waals surface area contributed by atoms with Gasteiger partial charge in [0, 0.05) is 6.07 Å². The number of Topliss-reactive ketones (excluding diaryl/α,β-unsaturated/α-hetero) is 1. The summed E-state index contributed by atoms with van der Waals surface area (Å²) in [6.45, 7) is 2.92. The van der Waals surface area contributed by atoms with Crippen LogP contribution in [0.15, 0.2) is 18.2 Å². The van der Waals surface area contributed by atoms with Crippen molar-refractivity contribution in [3.05, 3.63) is 23.8 Å². The molecular formula is C11H13NO4. The Morgan fingerprint density at radius 1 is 1.31 bits per heavy atom. The quantitative estimate of drug-likeness (QED) is 0.707. The minimum absolute atomic E-state index is 0.0194. The molecule has 0 bridgehead atoms. The lowest BCUT2D eigenvalue weighted by molar-refractivity contribution is -0.118. The molecule has 0 saturated carbocycles. The molecule has 3 N–H and O–H groups in total. The summed E-state index contributed by atoms with van der Waals surface area (Å²) in [4.78, 5) is 22.5. The van der Waals surface area contributed by atoms with Crippen molar-refractivity contribution in [2.45, 2.75) is 19.9 Å². The van der Waals surface area contributed by atoms with Gasteiger partial charge in [-0.05, 0) is 26.0 Å². The summed E-state index contributed by atoms with van der Waals surface area (Å²) in [6, 6.07) is 3.02. The first-order valence-corrected chi connectivity index (χ1v) is 4.75. The van der Waals surface area contributed by atoms with Gasteiger partial charge in [-0.1, -0.05) is 0 Å². The average molecular weight is 223 g/mol. The molecule has 0 fully saturated rings. The van der Waals surface area contributed by atoms with E-state index in [2.05, 4.69) is 5.32 Å². The van der Waals surface area contributed by atoms with Crippen molar-refractivity contribution < 1.29 is 19.8 Å². The first kappa shape index (κ1) is 12.0. The van der Waals surface area contributed by atoms with Gasteiger partial charge in [0.05, 0.1) is 11.6 Å². The van der Waals surface area contributed by atoms with Gasteiger partial charge in [-0.25, -0.2) is 0 Å². The van der Waals surface area contributed by atoms with E-state index < -0.39 is 11.9 Å². The molecule has 5 nitrogen and oxygen atoms in total. The van der Waals surface area contributed by atoms with Crippen LogP contribution >= 0.6 is 0 Å². The van der Waals surface area contributed by atoms with E-state index in [0.717, 1.165) is 6.07 Å². The molecule has 0 saturated heterocycles. The van der Waals surface area contributed by atoms with E-state index in [0.29, 0.717) is 0 Å². The number of nitrogens with one attached hydrogen (secondary N) is 1. The fourth-order valence-corrected chi connectivity index (χ4v) is 1.09. The summed E-state index contributed by atoms with van der Waals surface area (Å²) in [5.41, 5.74) is 0.0194. The molecule has 0 spiro atoms. The van der Waals surface area contributed by atoms with Gasteiger partial charge >= 0.3 is 0 Å². The highest BCUT2D eigenvalue weighted by Crippen LogP contribution is 2.22. The minimum Gasteiger partial charge on any atom is -0.508 e. The summed E-state index contributed by atoms with van der Waals surface area (Å²) in [7, 11) is 0. The molecule has 1 aromatic rings. The van der Waals surface area contributed by atoms with E-state index in [1.807, 2.05) is 0 Å². The third kappa shape index (κ3) is 2.73. The number of rotatable bonds is 3. The van der Waals surface area contributed by atoms with Crippen LogP contribution in [0, 0.1) is 0 Å². The Morgan fingerprint density at radius 3 is 2.44 bits per heavy atom. The fourth-order valence-electron chi connectivity index (χ4n) is 1.09. The van der Waals surface area contributed by atoms with Gasteiger partial charge in [0.15, 0.2) is 5.78 Å². The second-order valence-corrected chi connectivity index (χ2v) is 3.51. The maximum atomic E-state index is 11.6. The van der Waals surface area contributed by atoms with Crippen LogP contribution in [0.5, 0.6) is 11.5 Å². The topological polar surface area (TPSA) is 86.6 Å². The zero-order chi connectivity index (χ0) is 12.3. The Bertz CT molecular complexity index is 428. The second-order valence-electron chi connectivity index (χ2n) is 3.51. The van der Waals surface area contributed by atoms with Crippen molar-refractivity contribution >= 4 is 11.7 Å². The lowest BCUT2D eigenvalue weighted by Gasteiger charge is -2.11. The van der Waals surface area contributed by atoms with Crippen LogP contribution in [-0.2, 0) is 4.79 Å². The van der Waals surface area contributed by atoms with Crippen molar-refractivity contribution in [2.75, 3.05) is 0 Å². The van der Waals surface area contributed by atoms with E-state index in [1.165, 1.54) is 19.1 Å². The van der Waals surface area contributed by atoms with Crippen LogP contribution in [-0.4, -0.2) is 27.9 Å². The van der Waals surface area contributed by atoms with Gasteiger partial charge in [-0.15, -0.1) is 0 Å². The SMILES string of the molecule is CC(=O)C(C)NC(=O)c1ccc(O)cc1O. The first-order valence-electron chi connectivity index (χ1n) is 4.75. The minimum atomic E-state index is -0.610. The molecule has 0 aromatic heterocycles. The summed E-state index contributed by atoms with van der Waals surface area (Å²) < 4.78 is 0. The molecule has 0 radical (unpaired) electrons. The number of phenolic OH excluding ortho intramolecular Hbond substituents is 2. The number of hydrogen-bond acceptors (Lipinski definition) is 4. The van der Waals surface area contributed by atoms with Crippen LogP contribution in [0.4, 0.5) is 0 Å². The lowest BCUT2D eigenvalue weighted by atomic mass is 10.1. The fraction of sp³-hybridized carbons (Fsp3) is 0.273. The van der Waals surface area contributed by atoms with Gasteiger partial charge in [-0.2, -0.15) is 0 Å². The lowest BCUT2D eigenvalue weighted by Crippen LogP contribution is -2.37. The molecule has 0 aliphatic carbocycles. The van der Waals surface area contributed by atoms with Crippen LogP contribution in [0.25, 0.3) is 0 Å². The molecule has 1 unspecified atom stereocenters. The molecule has 0 aliphatic rings. The predicted molar refractivity (Wildman–Crippen MR) is 57.4 cm³/mol. The number of aromatic hydroxyl groups is 2. The van der Waals surface area contributed by atoms with Gasteiger partial charge in [0.1, 0.15) is 11.5 Å². The molecule has 1 aromatic carbocycles. The summed E-state index contributed by atoms with van der Waals surface area (Å²) in [5.74, 6) is -1.19. The van der Waals surface area contributed by atoms with Crippen LogP contribution in [0.1, 0.15) is 24.2 Å². The molecule has 0 heterocycles. The number of carbonyl (C=O) groups is 2. The molecule has 0 aliphatic heterocycles. The van der Waals surface area contributed by atoms with E-state index in [1.54, 1.807) is 6.92 Å². The molecule has 1 rings (SSSR count). The van der Waals surface area contributed by atoms with Crippen LogP contribution < -0.4 is 5.32 Å². The number of phenols is 2. The number of amides is 1. The van der Waals surface area contributed by atoms with Crippen molar-refractivity contribution in [3.63, 3.8) is 0 Å². The average Bonchev–Trinajstić information content (AvgIpc) is 2.16. The Balaban J connectivity index is 2.85. The highest BCUT2D eigenvalue weighted by Gasteiger charge is 2.15. The van der Waals surface area contributed by atoms with Crippen molar-refractivity contribution in [2.24, 2.45) is 0 Å². The molecule has 86 valence electrons. The van der Waals surface area contributed by atoms with E-state index >= 15 is 0 Å². The highest BCUT2D eigenvalue weighted by atomic mass is 16.3. The van der Waals surface area contributed by atoms with E-state index in [4.69, 9.17) is 5.11 Å². The molecule has 5 heteroatoms. The van der Waals surface area contributed by atoms with Gasteiger partial charge in [0.25, 0.3) is 5.91 Å². The maximum Gasteiger partial charge on any atom is 0.255 e. The monoisotopic (exact) mass is 223 g/mol. The Kier molecular flexibility index (Phi) is 3.50. The number of carbonyl (C=O) groups excluding carboxylic acids is 2. The largest absolute Gasteiger partial charge is 0.508 e. The third-order valence-corrected chi connectivity index (χ3v) is 2.18. The van der Waals surface area contributed by atoms with E-state index in [-0.39, 0.29) is 22.8 Å². The van der Waals surface area contributed by atoms with Crippen molar-refractivity contribution in [3.8, 4) is 11.5 Å². The predicted octanol–water partition coefficient (Wildman–Crippen LogP) is 0.805. The number of hydrogen-bond donors (Lipinski definition) is 3. The Hall–Kier alpha value is -2.04. The van der Waals surface area contributed by atoms with Crippen LogP contribution in [0.2, 0.25) is 0 Å². The number of ketones is 1. The maximum absolute atomic E-state index is 11.6. The zero-order valence-electron chi connectivity index (χ0n) is 9.02. The second kappa shape index (κ2) is 4.65. The van der Waals surface area contributed by atoms with Gasteiger partial charge in [-0.3, -0.25) is 9.59 Å². The molecule has 16 heavy (non-hydrogen) atoms. The third-order valence-electron chi connectivity index (χ3n) is 2.18. The standard InChI is InChI=1S/C11H13NO4/c1-6(7(2)13)12-11(16)9-4-3-8(14)5-10(9)15/h3-6,14-15H,1-2H3,(H,12,16). The summed E-state index contributed by atoms with van der Waals surface area (Å²) in [5, 5.41) is 20.9. The Morgan fingerprint density at radius 2 is 1.94 bits per heavy atom. The molecular weight excluding hydrogens is 210 g/mol. The van der Waals surface area contributed by atoms with Crippen molar-refractivity contribution in [1.82, 2.24) is 5.32 Å². The molecule has 1 atom stereocenters. The van der Waals surface area contributed by atoms with Gasteiger partial charge < -0.3 is 15.5 Å². The number of benzene rings is 1. The van der Waals surface area contributed by atoms with Gasteiger partial charge in [0.2, 0.25) is 0 Å². The normalized spacial score (nSPS) is 11.9. The zero-order valence-corrected chi connectivity index (χ0v) is 9.02. The smallest absolute Gasteiger partial charge is 0.255 e. The highest BCUT2D eigenvalue weighted by molar-refractivity contribution is 5.99. The summed E-state index contributed by atoms with van der Waals surface area (Å²) in [6.07, 6.45) is 0. The summed E-state index contributed by atoms with van der Waals surface area (Å²) >= 11 is 0. The van der Waals surface area contributed by atoms with Crippen LogP contribution in [0.3, 0.4) is 0 Å². The molecule has 1 amide bonds.